The normalized spacial score (nSPS) is 10.1. The van der Waals surface area contributed by atoms with Gasteiger partial charge in [-0.3, -0.25) is 0 Å². The van der Waals surface area contributed by atoms with Gasteiger partial charge in [-0.05, 0) is 13.8 Å². The van der Waals surface area contributed by atoms with E-state index in [1.165, 1.54) is 0 Å². The minimum atomic E-state index is 0.560. The fraction of sp³-hybridized carbons (Fsp3) is 0.500. The van der Waals surface area contributed by atoms with E-state index in [9.17, 15) is 0 Å². The van der Waals surface area contributed by atoms with E-state index in [4.69, 9.17) is 10.5 Å². The third-order valence-corrected chi connectivity index (χ3v) is 1.57. The highest BCUT2D eigenvalue weighted by molar-refractivity contribution is 5.35. The summed E-state index contributed by atoms with van der Waals surface area (Å²) in [6, 6.07) is 0. The number of aromatic nitrogens is 1. The molecule has 0 aromatic carbocycles. The molecule has 0 atom stereocenters. The van der Waals surface area contributed by atoms with Crippen molar-refractivity contribution in [3.8, 4) is 5.75 Å². The van der Waals surface area contributed by atoms with E-state index in [1.807, 2.05) is 20.0 Å². The summed E-state index contributed by atoms with van der Waals surface area (Å²) < 4.78 is 5.40. The predicted molar refractivity (Wildman–Crippen MR) is 44.8 cm³/mol. The molecule has 1 rings (SSSR count). The van der Waals surface area contributed by atoms with Crippen LogP contribution in [0.3, 0.4) is 0 Å². The average Bonchev–Trinajstić information content (AvgIpc) is 2.29. The van der Waals surface area contributed by atoms with Crippen LogP contribution >= 0.6 is 0 Å². The molecule has 0 spiro atoms. The van der Waals surface area contributed by atoms with Crippen molar-refractivity contribution in [1.82, 2.24) is 4.98 Å². The van der Waals surface area contributed by atoms with Gasteiger partial charge in [0, 0.05) is 18.3 Å². The van der Waals surface area contributed by atoms with Crippen molar-refractivity contribution in [2.24, 2.45) is 5.73 Å². The molecule has 0 radical (unpaired) electrons. The number of aromatic amines is 1. The smallest absolute Gasteiger partial charge is 0.142 e. The zero-order chi connectivity index (χ0) is 8.27. The molecule has 0 fully saturated rings. The lowest BCUT2D eigenvalue weighted by atomic mass is 10.3. The highest BCUT2D eigenvalue weighted by atomic mass is 16.5. The minimum Gasteiger partial charge on any atom is -0.490 e. The van der Waals surface area contributed by atoms with Gasteiger partial charge in [0.2, 0.25) is 0 Å². The monoisotopic (exact) mass is 154 g/mol. The van der Waals surface area contributed by atoms with Crippen molar-refractivity contribution in [1.29, 1.82) is 0 Å². The lowest BCUT2D eigenvalue weighted by Crippen LogP contribution is -2.11. The molecule has 3 N–H and O–H groups in total. The molecule has 11 heavy (non-hydrogen) atoms. The number of ether oxygens (including phenoxy) is 1. The van der Waals surface area contributed by atoms with Crippen LogP contribution in [0.5, 0.6) is 5.75 Å². The van der Waals surface area contributed by atoms with Gasteiger partial charge >= 0.3 is 0 Å². The quantitative estimate of drug-likeness (QED) is 0.681. The molecule has 0 aliphatic carbocycles. The third kappa shape index (κ3) is 1.74. The van der Waals surface area contributed by atoms with Gasteiger partial charge < -0.3 is 15.5 Å². The second-order valence-electron chi connectivity index (χ2n) is 2.56. The molecule has 0 saturated heterocycles. The molecule has 1 aromatic rings. The molecule has 1 heterocycles. The first-order chi connectivity index (χ1) is 5.25. The predicted octanol–water partition coefficient (Wildman–Crippen LogP) is 0.969. The summed E-state index contributed by atoms with van der Waals surface area (Å²) in [4.78, 5) is 3.08. The van der Waals surface area contributed by atoms with Crippen LogP contribution in [0.25, 0.3) is 0 Å². The minimum absolute atomic E-state index is 0.560. The van der Waals surface area contributed by atoms with Crippen molar-refractivity contribution in [3.05, 3.63) is 17.5 Å². The molecular weight excluding hydrogens is 140 g/mol. The highest BCUT2D eigenvalue weighted by Crippen LogP contribution is 2.20. The summed E-state index contributed by atoms with van der Waals surface area (Å²) in [5, 5.41) is 0. The Morgan fingerprint density at radius 1 is 1.55 bits per heavy atom. The topological polar surface area (TPSA) is 51.0 Å². The lowest BCUT2D eigenvalue weighted by molar-refractivity contribution is 0.324. The summed E-state index contributed by atoms with van der Waals surface area (Å²) in [5.74, 6) is 0.940. The molecule has 0 bridgehead atoms. The Hall–Kier alpha value is -0.960. The number of nitrogens with one attached hydrogen (secondary N) is 1. The molecule has 0 aliphatic heterocycles. The molecule has 3 nitrogen and oxygen atoms in total. The van der Waals surface area contributed by atoms with E-state index >= 15 is 0 Å². The van der Waals surface area contributed by atoms with Gasteiger partial charge in [-0.25, -0.2) is 0 Å². The first kappa shape index (κ1) is 8.14. The SMILES string of the molecule is Cc1c[nH]c(C)c1OCCN. The summed E-state index contributed by atoms with van der Waals surface area (Å²) in [7, 11) is 0. The Labute approximate surface area is 66.6 Å². The van der Waals surface area contributed by atoms with Crippen molar-refractivity contribution >= 4 is 0 Å². The Bertz CT molecular complexity index is 210. The lowest BCUT2D eigenvalue weighted by Gasteiger charge is -2.03. The van der Waals surface area contributed by atoms with E-state index in [0.29, 0.717) is 13.2 Å². The van der Waals surface area contributed by atoms with Crippen LogP contribution in [-0.2, 0) is 0 Å². The number of rotatable bonds is 3. The van der Waals surface area contributed by atoms with Crippen LogP contribution in [0.4, 0.5) is 0 Å². The molecule has 0 aliphatic rings. The van der Waals surface area contributed by atoms with Gasteiger partial charge in [0.15, 0.2) is 0 Å². The Morgan fingerprint density at radius 2 is 2.27 bits per heavy atom. The highest BCUT2D eigenvalue weighted by Gasteiger charge is 2.03. The first-order valence-corrected chi connectivity index (χ1v) is 3.73. The van der Waals surface area contributed by atoms with Gasteiger partial charge in [-0.2, -0.15) is 0 Å². The fourth-order valence-corrected chi connectivity index (χ4v) is 1.03. The summed E-state index contributed by atoms with van der Waals surface area (Å²) in [5.41, 5.74) is 7.51. The van der Waals surface area contributed by atoms with Crippen molar-refractivity contribution in [2.45, 2.75) is 13.8 Å². The van der Waals surface area contributed by atoms with Crippen molar-refractivity contribution < 1.29 is 4.74 Å². The fourth-order valence-electron chi connectivity index (χ4n) is 1.03. The second kappa shape index (κ2) is 3.44. The summed E-state index contributed by atoms with van der Waals surface area (Å²) in [6.07, 6.45) is 1.93. The molecule has 0 amide bonds. The van der Waals surface area contributed by atoms with E-state index in [-0.39, 0.29) is 0 Å². The molecular formula is C8H14N2O. The molecule has 0 saturated carbocycles. The van der Waals surface area contributed by atoms with Crippen molar-refractivity contribution in [2.75, 3.05) is 13.2 Å². The number of aryl methyl sites for hydroxylation is 2. The van der Waals surface area contributed by atoms with E-state index in [1.54, 1.807) is 0 Å². The summed E-state index contributed by atoms with van der Waals surface area (Å²) >= 11 is 0. The number of nitrogens with two attached hydrogens (primary N) is 1. The van der Waals surface area contributed by atoms with E-state index in [0.717, 1.165) is 17.0 Å². The third-order valence-electron chi connectivity index (χ3n) is 1.57. The van der Waals surface area contributed by atoms with Crippen LogP contribution in [0.15, 0.2) is 6.20 Å². The van der Waals surface area contributed by atoms with Gasteiger partial charge in [-0.15, -0.1) is 0 Å². The van der Waals surface area contributed by atoms with E-state index < -0.39 is 0 Å². The maximum Gasteiger partial charge on any atom is 0.142 e. The first-order valence-electron chi connectivity index (χ1n) is 3.73. The van der Waals surface area contributed by atoms with Crippen LogP contribution in [0.1, 0.15) is 11.3 Å². The molecule has 3 heteroatoms. The maximum absolute atomic E-state index is 5.40. The Balaban J connectivity index is 2.67. The van der Waals surface area contributed by atoms with Crippen LogP contribution < -0.4 is 10.5 Å². The Kier molecular flexibility index (Phi) is 2.54. The van der Waals surface area contributed by atoms with Gasteiger partial charge in [0.1, 0.15) is 12.4 Å². The molecule has 62 valence electrons. The zero-order valence-electron chi connectivity index (χ0n) is 6.98. The van der Waals surface area contributed by atoms with Crippen LogP contribution in [-0.4, -0.2) is 18.1 Å². The largest absolute Gasteiger partial charge is 0.490 e. The van der Waals surface area contributed by atoms with Gasteiger partial charge in [-0.1, -0.05) is 0 Å². The Morgan fingerprint density at radius 3 is 2.73 bits per heavy atom. The van der Waals surface area contributed by atoms with Crippen LogP contribution in [0.2, 0.25) is 0 Å². The maximum atomic E-state index is 5.40. The van der Waals surface area contributed by atoms with Crippen LogP contribution in [0, 0.1) is 13.8 Å². The second-order valence-corrected chi connectivity index (χ2v) is 2.56. The number of hydrogen-bond donors (Lipinski definition) is 2. The standard InChI is InChI=1S/C8H14N2O/c1-6-5-10-7(2)8(6)11-4-3-9/h5,10H,3-4,9H2,1-2H3. The van der Waals surface area contributed by atoms with E-state index in [2.05, 4.69) is 4.98 Å². The zero-order valence-corrected chi connectivity index (χ0v) is 6.98. The average molecular weight is 154 g/mol. The molecule has 1 aromatic heterocycles. The number of hydrogen-bond acceptors (Lipinski definition) is 2. The van der Waals surface area contributed by atoms with Gasteiger partial charge in [0.05, 0.1) is 5.69 Å². The summed E-state index contributed by atoms with van der Waals surface area (Å²) in [6.45, 7) is 5.14. The van der Waals surface area contributed by atoms with Crippen molar-refractivity contribution in [3.63, 3.8) is 0 Å². The van der Waals surface area contributed by atoms with Gasteiger partial charge in [0.25, 0.3) is 0 Å². The number of H-pyrrole nitrogens is 1. The molecule has 0 unspecified atom stereocenters.